The molecule has 2 saturated heterocycles. The minimum Gasteiger partial charge on any atom is -0.481 e. The highest BCUT2D eigenvalue weighted by atomic mass is 16.7. The zero-order valence-electron chi connectivity index (χ0n) is 10.8. The van der Waals surface area contributed by atoms with Crippen molar-refractivity contribution in [3.05, 3.63) is 0 Å². The largest absolute Gasteiger partial charge is 0.481 e. The van der Waals surface area contributed by atoms with Crippen molar-refractivity contribution >= 4 is 13.1 Å². The van der Waals surface area contributed by atoms with E-state index in [4.69, 9.17) is 14.4 Å². The Hall–Kier alpha value is -0.585. The molecule has 2 aliphatic heterocycles. The molecule has 2 rings (SSSR count). The standard InChI is InChI=1S/C11H20BNO4/c1-10(2)11(3,4)17-12(16-10)8-6-13-5-7(8)9(14)15/h7-8,13H,5-6H2,1-4H3,(H,14,15)/t7-,8-/m1/s1. The molecule has 0 aromatic heterocycles. The summed E-state index contributed by atoms with van der Waals surface area (Å²) in [4.78, 5) is 11.1. The molecule has 0 aromatic carbocycles. The van der Waals surface area contributed by atoms with Crippen molar-refractivity contribution in [3.63, 3.8) is 0 Å². The summed E-state index contributed by atoms with van der Waals surface area (Å²) in [6.07, 6.45) is 0. The van der Waals surface area contributed by atoms with Gasteiger partial charge in [0.2, 0.25) is 0 Å². The Balaban J connectivity index is 2.13. The SMILES string of the molecule is CC1(C)OB([C@@H]2CNC[C@H]2C(=O)O)OC1(C)C. The summed E-state index contributed by atoms with van der Waals surface area (Å²) >= 11 is 0. The molecule has 0 radical (unpaired) electrons. The van der Waals surface area contributed by atoms with Crippen LogP contribution in [0.5, 0.6) is 0 Å². The molecule has 96 valence electrons. The Morgan fingerprint density at radius 2 is 1.76 bits per heavy atom. The number of aliphatic carboxylic acids is 1. The molecule has 0 aliphatic carbocycles. The fourth-order valence-electron chi connectivity index (χ4n) is 2.32. The number of carbonyl (C=O) groups is 1. The van der Waals surface area contributed by atoms with Crippen molar-refractivity contribution in [1.29, 1.82) is 0 Å². The molecule has 2 aliphatic rings. The Kier molecular flexibility index (Phi) is 3.00. The third-order valence-electron chi connectivity index (χ3n) is 4.20. The topological polar surface area (TPSA) is 67.8 Å². The second-order valence-electron chi connectivity index (χ2n) is 5.89. The molecular weight excluding hydrogens is 221 g/mol. The monoisotopic (exact) mass is 241 g/mol. The zero-order chi connectivity index (χ0) is 12.8. The predicted molar refractivity (Wildman–Crippen MR) is 63.8 cm³/mol. The quantitative estimate of drug-likeness (QED) is 0.698. The average molecular weight is 241 g/mol. The molecule has 6 heteroatoms. The van der Waals surface area contributed by atoms with Crippen LogP contribution >= 0.6 is 0 Å². The van der Waals surface area contributed by atoms with Gasteiger partial charge in [0, 0.05) is 12.4 Å². The number of nitrogens with one attached hydrogen (secondary N) is 1. The van der Waals surface area contributed by atoms with Gasteiger partial charge in [0.05, 0.1) is 17.1 Å². The molecule has 17 heavy (non-hydrogen) atoms. The summed E-state index contributed by atoms with van der Waals surface area (Å²) < 4.78 is 11.8. The Bertz CT molecular complexity index is 315. The maximum Gasteiger partial charge on any atom is 0.463 e. The summed E-state index contributed by atoms with van der Waals surface area (Å²) in [5.74, 6) is -1.33. The lowest BCUT2D eigenvalue weighted by atomic mass is 9.66. The third-order valence-corrected chi connectivity index (χ3v) is 4.20. The van der Waals surface area contributed by atoms with Gasteiger partial charge in [-0.2, -0.15) is 0 Å². The van der Waals surface area contributed by atoms with Crippen LogP contribution in [0.1, 0.15) is 27.7 Å². The lowest BCUT2D eigenvalue weighted by molar-refractivity contribution is -0.141. The average Bonchev–Trinajstić information content (AvgIpc) is 2.69. The molecule has 2 atom stereocenters. The van der Waals surface area contributed by atoms with Crippen molar-refractivity contribution in [2.45, 2.75) is 44.7 Å². The minimum atomic E-state index is -0.783. The molecule has 0 saturated carbocycles. The maximum atomic E-state index is 11.1. The normalized spacial score (nSPS) is 35.2. The van der Waals surface area contributed by atoms with Gasteiger partial charge in [-0.05, 0) is 34.2 Å². The molecular formula is C11H20BNO4. The summed E-state index contributed by atoms with van der Waals surface area (Å²) in [5, 5.41) is 12.2. The summed E-state index contributed by atoms with van der Waals surface area (Å²) in [7, 11) is -0.434. The molecule has 2 fully saturated rings. The molecule has 0 spiro atoms. The maximum absolute atomic E-state index is 11.1. The van der Waals surface area contributed by atoms with Crippen LogP contribution in [-0.4, -0.2) is 42.5 Å². The first-order chi connectivity index (χ1) is 7.74. The highest BCUT2D eigenvalue weighted by Gasteiger charge is 2.56. The summed E-state index contributed by atoms with van der Waals surface area (Å²) in [6, 6.07) is 0. The van der Waals surface area contributed by atoms with E-state index in [-0.39, 0.29) is 5.82 Å². The van der Waals surface area contributed by atoms with Crippen molar-refractivity contribution in [1.82, 2.24) is 5.32 Å². The highest BCUT2D eigenvalue weighted by Crippen LogP contribution is 2.42. The van der Waals surface area contributed by atoms with Gasteiger partial charge < -0.3 is 19.7 Å². The van der Waals surface area contributed by atoms with Gasteiger partial charge in [-0.1, -0.05) is 0 Å². The molecule has 0 amide bonds. The van der Waals surface area contributed by atoms with Crippen LogP contribution in [0.2, 0.25) is 5.82 Å². The first kappa shape index (κ1) is 12.9. The second kappa shape index (κ2) is 3.97. The fraction of sp³-hybridized carbons (Fsp3) is 0.909. The van der Waals surface area contributed by atoms with Crippen molar-refractivity contribution in [2.75, 3.05) is 13.1 Å². The molecule has 0 bridgehead atoms. The number of hydrogen-bond donors (Lipinski definition) is 2. The Labute approximate surface area is 102 Å². The first-order valence-electron chi connectivity index (χ1n) is 6.04. The van der Waals surface area contributed by atoms with E-state index in [1.807, 2.05) is 27.7 Å². The van der Waals surface area contributed by atoms with Crippen LogP contribution in [0, 0.1) is 5.92 Å². The highest BCUT2D eigenvalue weighted by molar-refractivity contribution is 6.48. The van der Waals surface area contributed by atoms with Crippen LogP contribution in [-0.2, 0) is 14.1 Å². The summed E-state index contributed by atoms with van der Waals surface area (Å²) in [6.45, 7) is 9.03. The van der Waals surface area contributed by atoms with Crippen LogP contribution < -0.4 is 5.32 Å². The van der Waals surface area contributed by atoms with Gasteiger partial charge in [-0.3, -0.25) is 4.79 Å². The Morgan fingerprint density at radius 3 is 2.24 bits per heavy atom. The van der Waals surface area contributed by atoms with E-state index in [1.54, 1.807) is 0 Å². The number of hydrogen-bond acceptors (Lipinski definition) is 4. The second-order valence-corrected chi connectivity index (χ2v) is 5.89. The van der Waals surface area contributed by atoms with Crippen LogP contribution in [0.25, 0.3) is 0 Å². The van der Waals surface area contributed by atoms with E-state index in [1.165, 1.54) is 0 Å². The molecule has 2 N–H and O–H groups in total. The lowest BCUT2D eigenvalue weighted by Crippen LogP contribution is -2.41. The van der Waals surface area contributed by atoms with E-state index < -0.39 is 30.2 Å². The van der Waals surface area contributed by atoms with E-state index in [0.717, 1.165) is 0 Å². The van der Waals surface area contributed by atoms with Gasteiger partial charge in [0.1, 0.15) is 0 Å². The molecule has 5 nitrogen and oxygen atoms in total. The van der Waals surface area contributed by atoms with Gasteiger partial charge >= 0.3 is 13.1 Å². The zero-order valence-corrected chi connectivity index (χ0v) is 10.8. The Morgan fingerprint density at radius 1 is 1.24 bits per heavy atom. The van der Waals surface area contributed by atoms with Gasteiger partial charge in [0.15, 0.2) is 0 Å². The molecule has 0 aromatic rings. The van der Waals surface area contributed by atoms with Crippen molar-refractivity contribution in [3.8, 4) is 0 Å². The van der Waals surface area contributed by atoms with Gasteiger partial charge in [-0.25, -0.2) is 0 Å². The van der Waals surface area contributed by atoms with Crippen molar-refractivity contribution < 1.29 is 19.2 Å². The van der Waals surface area contributed by atoms with Crippen LogP contribution in [0.4, 0.5) is 0 Å². The summed E-state index contributed by atoms with van der Waals surface area (Å²) in [5.41, 5.74) is -0.799. The molecule has 2 heterocycles. The fourth-order valence-corrected chi connectivity index (χ4v) is 2.32. The third kappa shape index (κ3) is 2.09. The smallest absolute Gasteiger partial charge is 0.463 e. The minimum absolute atomic E-state index is 0.117. The first-order valence-corrected chi connectivity index (χ1v) is 6.04. The van der Waals surface area contributed by atoms with E-state index in [9.17, 15) is 4.79 Å². The van der Waals surface area contributed by atoms with Crippen LogP contribution in [0.3, 0.4) is 0 Å². The van der Waals surface area contributed by atoms with E-state index in [0.29, 0.717) is 13.1 Å². The number of rotatable bonds is 2. The predicted octanol–water partition coefficient (Wildman–Crippen LogP) is 0.753. The van der Waals surface area contributed by atoms with E-state index >= 15 is 0 Å². The van der Waals surface area contributed by atoms with Gasteiger partial charge in [-0.15, -0.1) is 0 Å². The van der Waals surface area contributed by atoms with Crippen molar-refractivity contribution in [2.24, 2.45) is 5.92 Å². The van der Waals surface area contributed by atoms with Gasteiger partial charge in [0.25, 0.3) is 0 Å². The van der Waals surface area contributed by atoms with E-state index in [2.05, 4.69) is 5.32 Å². The molecule has 0 unspecified atom stereocenters. The lowest BCUT2D eigenvalue weighted by Gasteiger charge is -2.32. The number of carboxylic acid groups (broad SMARTS) is 1. The number of carboxylic acids is 1. The van der Waals surface area contributed by atoms with Crippen LogP contribution in [0.15, 0.2) is 0 Å².